The van der Waals surface area contributed by atoms with Crippen LogP contribution in [0.1, 0.15) is 39.9 Å². The van der Waals surface area contributed by atoms with Crippen LogP contribution in [0, 0.1) is 0 Å². The van der Waals surface area contributed by atoms with E-state index in [0.717, 1.165) is 29.5 Å². The Hall–Kier alpha value is -3.20. The van der Waals surface area contributed by atoms with Gasteiger partial charge in [0.2, 0.25) is 10.0 Å². The Morgan fingerprint density at radius 1 is 0.886 bits per heavy atom. The summed E-state index contributed by atoms with van der Waals surface area (Å²) in [5.41, 5.74) is 3.38. The lowest BCUT2D eigenvalue weighted by atomic mass is 10.1. The third kappa shape index (κ3) is 6.28. The van der Waals surface area contributed by atoms with Gasteiger partial charge < -0.3 is 14.8 Å². The van der Waals surface area contributed by atoms with E-state index >= 15 is 0 Å². The first kappa shape index (κ1) is 24.9. The standard InChI is InChI=1S/C27H30N2O5S/c1-33-25-14-13-24(17-26(25)35(31,32)29-15-5-6-16-29)27(30)28-18-21-9-11-23(12-10-21)20-34-19-22-7-3-2-4-8-22/h2-4,7-14,17H,5-6,15-16,18-20H2,1H3,(H,28,30). The van der Waals surface area contributed by atoms with E-state index in [1.807, 2.05) is 54.6 Å². The van der Waals surface area contributed by atoms with E-state index in [2.05, 4.69) is 5.32 Å². The number of sulfonamides is 1. The van der Waals surface area contributed by atoms with Crippen molar-refractivity contribution in [2.24, 2.45) is 0 Å². The molecule has 1 aliphatic heterocycles. The predicted octanol–water partition coefficient (Wildman–Crippen LogP) is 4.13. The third-order valence-corrected chi connectivity index (χ3v) is 7.88. The average molecular weight is 495 g/mol. The second-order valence-electron chi connectivity index (χ2n) is 8.45. The molecule has 0 saturated carbocycles. The first-order valence-electron chi connectivity index (χ1n) is 11.6. The summed E-state index contributed by atoms with van der Waals surface area (Å²) in [6, 6.07) is 22.3. The summed E-state index contributed by atoms with van der Waals surface area (Å²) in [4.78, 5) is 12.8. The van der Waals surface area contributed by atoms with Crippen LogP contribution in [0.3, 0.4) is 0 Å². The van der Waals surface area contributed by atoms with E-state index in [0.29, 0.717) is 32.8 Å². The zero-order valence-electron chi connectivity index (χ0n) is 19.8. The maximum absolute atomic E-state index is 13.1. The van der Waals surface area contributed by atoms with Crippen molar-refractivity contribution in [3.63, 3.8) is 0 Å². The molecule has 0 aliphatic carbocycles. The van der Waals surface area contributed by atoms with Crippen molar-refractivity contribution < 1.29 is 22.7 Å². The van der Waals surface area contributed by atoms with Crippen LogP contribution in [0.15, 0.2) is 77.7 Å². The Kier molecular flexibility index (Phi) is 8.17. The summed E-state index contributed by atoms with van der Waals surface area (Å²) >= 11 is 0. The lowest BCUT2D eigenvalue weighted by molar-refractivity contribution is 0.0950. The van der Waals surface area contributed by atoms with Gasteiger partial charge in [-0.15, -0.1) is 0 Å². The minimum absolute atomic E-state index is 0.0226. The number of rotatable bonds is 10. The van der Waals surface area contributed by atoms with Crippen LogP contribution in [0.25, 0.3) is 0 Å². The minimum atomic E-state index is -3.72. The van der Waals surface area contributed by atoms with Crippen LogP contribution in [-0.4, -0.2) is 38.8 Å². The molecule has 1 fully saturated rings. The quantitative estimate of drug-likeness (QED) is 0.458. The summed E-state index contributed by atoms with van der Waals surface area (Å²) in [7, 11) is -2.29. The first-order chi connectivity index (χ1) is 17.0. The lowest BCUT2D eigenvalue weighted by Gasteiger charge is -2.18. The zero-order chi connectivity index (χ0) is 24.7. The van der Waals surface area contributed by atoms with Gasteiger partial charge in [-0.3, -0.25) is 4.79 Å². The van der Waals surface area contributed by atoms with Gasteiger partial charge in [-0.2, -0.15) is 4.31 Å². The minimum Gasteiger partial charge on any atom is -0.495 e. The van der Waals surface area contributed by atoms with Gasteiger partial charge in [-0.1, -0.05) is 54.6 Å². The molecule has 0 unspecified atom stereocenters. The molecule has 0 radical (unpaired) electrons. The molecular formula is C27H30N2O5S. The predicted molar refractivity (Wildman–Crippen MR) is 134 cm³/mol. The number of carbonyl (C=O) groups is 1. The summed E-state index contributed by atoms with van der Waals surface area (Å²) in [6.07, 6.45) is 1.67. The van der Waals surface area contributed by atoms with E-state index in [9.17, 15) is 13.2 Å². The fraction of sp³-hybridized carbons (Fsp3) is 0.296. The van der Waals surface area contributed by atoms with Crippen LogP contribution < -0.4 is 10.1 Å². The van der Waals surface area contributed by atoms with Crippen molar-refractivity contribution in [3.05, 3.63) is 95.1 Å². The van der Waals surface area contributed by atoms with E-state index < -0.39 is 10.0 Å². The normalized spacial score (nSPS) is 14.1. The number of nitrogens with zero attached hydrogens (tertiary/aromatic N) is 1. The van der Waals surface area contributed by atoms with Gasteiger partial charge in [0.15, 0.2) is 0 Å². The number of ether oxygens (including phenoxy) is 2. The van der Waals surface area contributed by atoms with Crippen LogP contribution in [-0.2, 0) is 34.5 Å². The van der Waals surface area contributed by atoms with Crippen molar-refractivity contribution in [1.29, 1.82) is 0 Å². The summed E-state index contributed by atoms with van der Waals surface area (Å²) in [5, 5.41) is 2.87. The lowest BCUT2D eigenvalue weighted by Crippen LogP contribution is -2.29. The molecular weight excluding hydrogens is 464 g/mol. The van der Waals surface area contributed by atoms with E-state index in [1.54, 1.807) is 6.07 Å². The van der Waals surface area contributed by atoms with Crippen LogP contribution in [0.2, 0.25) is 0 Å². The molecule has 0 spiro atoms. The monoisotopic (exact) mass is 494 g/mol. The van der Waals surface area contributed by atoms with Crippen molar-refractivity contribution in [3.8, 4) is 5.75 Å². The van der Waals surface area contributed by atoms with Crippen molar-refractivity contribution in [2.45, 2.75) is 37.5 Å². The zero-order valence-corrected chi connectivity index (χ0v) is 20.6. The van der Waals surface area contributed by atoms with E-state index in [4.69, 9.17) is 9.47 Å². The maximum atomic E-state index is 13.1. The molecule has 0 bridgehead atoms. The molecule has 1 amide bonds. The van der Waals surface area contributed by atoms with Crippen molar-refractivity contribution in [2.75, 3.05) is 20.2 Å². The number of hydrogen-bond donors (Lipinski definition) is 1. The number of hydrogen-bond acceptors (Lipinski definition) is 5. The highest BCUT2D eigenvalue weighted by Crippen LogP contribution is 2.29. The van der Waals surface area contributed by atoms with Gasteiger partial charge in [0.25, 0.3) is 5.91 Å². The Morgan fingerprint density at radius 2 is 1.51 bits per heavy atom. The molecule has 1 saturated heterocycles. The number of amides is 1. The van der Waals surface area contributed by atoms with Crippen LogP contribution in [0.5, 0.6) is 5.75 Å². The second kappa shape index (κ2) is 11.5. The third-order valence-electron chi connectivity index (χ3n) is 5.96. The van der Waals surface area contributed by atoms with Crippen molar-refractivity contribution in [1.82, 2.24) is 9.62 Å². The Bertz CT molecular complexity index is 1240. The topological polar surface area (TPSA) is 84.9 Å². The summed E-state index contributed by atoms with van der Waals surface area (Å²) < 4.78 is 38.6. The first-order valence-corrected chi connectivity index (χ1v) is 13.1. The number of nitrogens with one attached hydrogen (secondary N) is 1. The molecule has 8 heteroatoms. The maximum Gasteiger partial charge on any atom is 0.251 e. The molecule has 4 rings (SSSR count). The highest BCUT2D eigenvalue weighted by Gasteiger charge is 2.30. The van der Waals surface area contributed by atoms with Crippen LogP contribution >= 0.6 is 0 Å². The smallest absolute Gasteiger partial charge is 0.251 e. The fourth-order valence-corrected chi connectivity index (χ4v) is 5.68. The number of methoxy groups -OCH3 is 1. The molecule has 35 heavy (non-hydrogen) atoms. The molecule has 1 aliphatic rings. The fourth-order valence-electron chi connectivity index (χ4n) is 3.99. The average Bonchev–Trinajstić information content (AvgIpc) is 3.44. The molecule has 3 aromatic rings. The van der Waals surface area contributed by atoms with Crippen molar-refractivity contribution >= 4 is 15.9 Å². The van der Waals surface area contributed by atoms with Gasteiger partial charge in [0, 0.05) is 25.2 Å². The molecule has 0 atom stereocenters. The Labute approximate surface area is 206 Å². The van der Waals surface area contributed by atoms with Gasteiger partial charge in [0.05, 0.1) is 20.3 Å². The Balaban J connectivity index is 1.35. The number of benzene rings is 3. The van der Waals surface area contributed by atoms with Gasteiger partial charge in [-0.05, 0) is 47.7 Å². The van der Waals surface area contributed by atoms with Gasteiger partial charge in [0.1, 0.15) is 10.6 Å². The molecule has 0 aromatic heterocycles. The summed E-state index contributed by atoms with van der Waals surface area (Å²) in [5.74, 6) is -0.112. The second-order valence-corrected chi connectivity index (χ2v) is 10.4. The number of carbonyl (C=O) groups excluding carboxylic acids is 1. The van der Waals surface area contributed by atoms with E-state index in [-0.39, 0.29) is 22.1 Å². The largest absolute Gasteiger partial charge is 0.495 e. The van der Waals surface area contributed by atoms with Crippen LogP contribution in [0.4, 0.5) is 0 Å². The van der Waals surface area contributed by atoms with E-state index in [1.165, 1.54) is 23.5 Å². The van der Waals surface area contributed by atoms with Gasteiger partial charge >= 0.3 is 0 Å². The molecule has 3 aromatic carbocycles. The molecule has 184 valence electrons. The Morgan fingerprint density at radius 3 is 2.17 bits per heavy atom. The highest BCUT2D eigenvalue weighted by molar-refractivity contribution is 7.89. The van der Waals surface area contributed by atoms with Gasteiger partial charge in [-0.25, -0.2) is 8.42 Å². The molecule has 1 N–H and O–H groups in total. The molecule has 1 heterocycles. The highest BCUT2D eigenvalue weighted by atomic mass is 32.2. The summed E-state index contributed by atoms with van der Waals surface area (Å²) in [6.45, 7) is 2.34. The molecule has 7 nitrogen and oxygen atoms in total. The SMILES string of the molecule is COc1ccc(C(=O)NCc2ccc(COCc3ccccc3)cc2)cc1S(=O)(=O)N1CCCC1.